The van der Waals surface area contributed by atoms with E-state index < -0.39 is 5.97 Å². The Balaban J connectivity index is 1.83. The Morgan fingerprint density at radius 1 is 1.23 bits per heavy atom. The lowest BCUT2D eigenvalue weighted by Crippen LogP contribution is -2.19. The maximum absolute atomic E-state index is 11.3. The van der Waals surface area contributed by atoms with Crippen molar-refractivity contribution < 1.29 is 9.90 Å². The lowest BCUT2D eigenvalue weighted by molar-refractivity contribution is 0.0697. The number of benzene rings is 2. The molecule has 1 aliphatic heterocycles. The quantitative estimate of drug-likeness (QED) is 0.907. The highest BCUT2D eigenvalue weighted by Gasteiger charge is 2.24. The van der Waals surface area contributed by atoms with Crippen molar-refractivity contribution in [1.82, 2.24) is 0 Å². The number of anilines is 2. The zero-order valence-electron chi connectivity index (χ0n) is 12.6. The van der Waals surface area contributed by atoms with Crippen LogP contribution >= 0.6 is 0 Å². The van der Waals surface area contributed by atoms with Crippen LogP contribution in [0, 0.1) is 0 Å². The monoisotopic (exact) mass is 296 g/mol. The number of hydrogen-bond acceptors (Lipinski definition) is 3. The van der Waals surface area contributed by atoms with E-state index in [1.165, 1.54) is 5.56 Å². The van der Waals surface area contributed by atoms with Gasteiger partial charge in [-0.25, -0.2) is 4.79 Å². The van der Waals surface area contributed by atoms with Crippen molar-refractivity contribution in [2.75, 3.05) is 30.4 Å². The molecule has 0 saturated carbocycles. The molecule has 0 aliphatic carbocycles. The van der Waals surface area contributed by atoms with Crippen molar-refractivity contribution in [3.8, 4) is 0 Å². The molecule has 22 heavy (non-hydrogen) atoms. The molecule has 0 spiro atoms. The zero-order chi connectivity index (χ0) is 15.5. The number of rotatable bonds is 4. The predicted octanol–water partition coefficient (Wildman–Crippen LogP) is 3.42. The number of carbonyl (C=O) groups is 1. The van der Waals surface area contributed by atoms with Gasteiger partial charge in [0.15, 0.2) is 0 Å². The molecule has 4 heteroatoms. The second-order valence-electron chi connectivity index (χ2n) is 5.67. The summed E-state index contributed by atoms with van der Waals surface area (Å²) >= 11 is 0. The Hall–Kier alpha value is -2.49. The summed E-state index contributed by atoms with van der Waals surface area (Å²) in [6.07, 6.45) is 1.09. The van der Waals surface area contributed by atoms with Crippen molar-refractivity contribution in [3.05, 3.63) is 59.7 Å². The molecule has 1 aliphatic rings. The van der Waals surface area contributed by atoms with E-state index in [9.17, 15) is 9.90 Å². The Morgan fingerprint density at radius 2 is 2.00 bits per heavy atom. The summed E-state index contributed by atoms with van der Waals surface area (Å²) in [5.74, 6) is -0.384. The standard InChI is InChI=1S/C18H20N2O2/c1-19-16-9-15(18(21)22)10-17(11-16)20-8-7-14(12-20)13-5-3-2-4-6-13/h2-6,9-11,14,19H,7-8,12H2,1H3,(H,21,22). The van der Waals surface area contributed by atoms with E-state index in [1.807, 2.05) is 19.2 Å². The van der Waals surface area contributed by atoms with Crippen molar-refractivity contribution in [2.45, 2.75) is 12.3 Å². The van der Waals surface area contributed by atoms with Crippen molar-refractivity contribution in [1.29, 1.82) is 0 Å². The molecule has 1 heterocycles. The lowest BCUT2D eigenvalue weighted by Gasteiger charge is -2.20. The SMILES string of the molecule is CNc1cc(C(=O)O)cc(N2CCC(c3ccccc3)C2)c1. The fourth-order valence-corrected chi connectivity index (χ4v) is 3.05. The molecule has 4 nitrogen and oxygen atoms in total. The fourth-order valence-electron chi connectivity index (χ4n) is 3.05. The Kier molecular flexibility index (Phi) is 4.00. The normalized spacial score (nSPS) is 17.5. The molecule has 1 atom stereocenters. The number of aromatic carboxylic acids is 1. The molecule has 1 fully saturated rings. The maximum Gasteiger partial charge on any atom is 0.335 e. The summed E-state index contributed by atoms with van der Waals surface area (Å²) in [5.41, 5.74) is 3.49. The lowest BCUT2D eigenvalue weighted by atomic mass is 9.99. The molecule has 114 valence electrons. The summed E-state index contributed by atoms with van der Waals surface area (Å²) in [5, 5.41) is 12.3. The molecular formula is C18H20N2O2. The highest BCUT2D eigenvalue weighted by molar-refractivity contribution is 5.90. The molecule has 1 saturated heterocycles. The van der Waals surface area contributed by atoms with Crippen LogP contribution in [0.5, 0.6) is 0 Å². The van der Waals surface area contributed by atoms with E-state index in [0.717, 1.165) is 30.9 Å². The minimum atomic E-state index is -0.892. The summed E-state index contributed by atoms with van der Waals surface area (Å²) in [6.45, 7) is 1.88. The van der Waals surface area contributed by atoms with Crippen LogP contribution in [-0.4, -0.2) is 31.2 Å². The van der Waals surface area contributed by atoms with Gasteiger partial charge in [-0.2, -0.15) is 0 Å². The van der Waals surface area contributed by atoms with Gasteiger partial charge in [0.25, 0.3) is 0 Å². The van der Waals surface area contributed by atoms with Crippen LogP contribution in [-0.2, 0) is 0 Å². The summed E-state index contributed by atoms with van der Waals surface area (Å²) < 4.78 is 0. The molecule has 0 radical (unpaired) electrons. The second kappa shape index (κ2) is 6.10. The summed E-state index contributed by atoms with van der Waals surface area (Å²) in [7, 11) is 1.81. The van der Waals surface area contributed by atoms with Crippen LogP contribution in [0.2, 0.25) is 0 Å². The highest BCUT2D eigenvalue weighted by atomic mass is 16.4. The molecule has 1 unspecified atom stereocenters. The van der Waals surface area contributed by atoms with Gasteiger partial charge in [-0.3, -0.25) is 0 Å². The molecule has 0 aromatic heterocycles. The molecule has 3 rings (SSSR count). The predicted molar refractivity (Wildman–Crippen MR) is 89.0 cm³/mol. The Bertz CT molecular complexity index is 670. The minimum Gasteiger partial charge on any atom is -0.478 e. The van der Waals surface area contributed by atoms with E-state index in [2.05, 4.69) is 34.5 Å². The van der Waals surface area contributed by atoms with Crippen LogP contribution in [0.3, 0.4) is 0 Å². The van der Waals surface area contributed by atoms with E-state index in [4.69, 9.17) is 0 Å². The largest absolute Gasteiger partial charge is 0.478 e. The maximum atomic E-state index is 11.3. The van der Waals surface area contributed by atoms with Gasteiger partial charge in [-0.1, -0.05) is 30.3 Å². The third-order valence-electron chi connectivity index (χ3n) is 4.28. The van der Waals surface area contributed by atoms with Gasteiger partial charge in [0.2, 0.25) is 0 Å². The molecule has 0 bridgehead atoms. The topological polar surface area (TPSA) is 52.6 Å². The van der Waals surface area contributed by atoms with Crippen LogP contribution < -0.4 is 10.2 Å². The van der Waals surface area contributed by atoms with Gasteiger partial charge < -0.3 is 15.3 Å². The number of hydrogen-bond donors (Lipinski definition) is 2. The van der Waals surface area contributed by atoms with Crippen LogP contribution in [0.15, 0.2) is 48.5 Å². The first-order chi connectivity index (χ1) is 10.7. The fraction of sp³-hybridized carbons (Fsp3) is 0.278. The molecule has 2 aromatic carbocycles. The summed E-state index contributed by atoms with van der Waals surface area (Å²) in [4.78, 5) is 13.5. The van der Waals surface area contributed by atoms with Crippen LogP contribution in [0.4, 0.5) is 11.4 Å². The Labute approximate surface area is 130 Å². The average molecular weight is 296 g/mol. The molecule has 2 aromatic rings. The van der Waals surface area contributed by atoms with Gasteiger partial charge in [0.1, 0.15) is 0 Å². The average Bonchev–Trinajstić information content (AvgIpc) is 3.05. The van der Waals surface area contributed by atoms with Crippen molar-refractivity contribution in [2.24, 2.45) is 0 Å². The molecule has 2 N–H and O–H groups in total. The van der Waals surface area contributed by atoms with Crippen LogP contribution in [0.25, 0.3) is 0 Å². The van der Waals surface area contributed by atoms with E-state index in [0.29, 0.717) is 11.5 Å². The first kappa shape index (κ1) is 14.4. The summed E-state index contributed by atoms with van der Waals surface area (Å²) in [6, 6.07) is 15.9. The van der Waals surface area contributed by atoms with Gasteiger partial charge in [0.05, 0.1) is 5.56 Å². The van der Waals surface area contributed by atoms with E-state index in [-0.39, 0.29) is 0 Å². The van der Waals surface area contributed by atoms with Gasteiger partial charge in [0, 0.05) is 37.4 Å². The first-order valence-electron chi connectivity index (χ1n) is 7.53. The van der Waals surface area contributed by atoms with E-state index in [1.54, 1.807) is 12.1 Å². The minimum absolute atomic E-state index is 0.324. The highest BCUT2D eigenvalue weighted by Crippen LogP contribution is 2.32. The second-order valence-corrected chi connectivity index (χ2v) is 5.67. The Morgan fingerprint density at radius 3 is 2.68 bits per heavy atom. The number of nitrogens with zero attached hydrogens (tertiary/aromatic N) is 1. The third kappa shape index (κ3) is 2.91. The number of carboxylic acids is 1. The van der Waals surface area contributed by atoms with Gasteiger partial charge in [-0.15, -0.1) is 0 Å². The van der Waals surface area contributed by atoms with Crippen molar-refractivity contribution in [3.63, 3.8) is 0 Å². The molecule has 0 amide bonds. The zero-order valence-corrected chi connectivity index (χ0v) is 12.6. The van der Waals surface area contributed by atoms with Gasteiger partial charge >= 0.3 is 5.97 Å². The molecular weight excluding hydrogens is 276 g/mol. The first-order valence-corrected chi connectivity index (χ1v) is 7.53. The number of carboxylic acid groups (broad SMARTS) is 1. The number of nitrogens with one attached hydrogen (secondary N) is 1. The van der Waals surface area contributed by atoms with Gasteiger partial charge in [-0.05, 0) is 30.2 Å². The van der Waals surface area contributed by atoms with Crippen molar-refractivity contribution >= 4 is 17.3 Å². The van der Waals surface area contributed by atoms with E-state index >= 15 is 0 Å². The smallest absolute Gasteiger partial charge is 0.335 e. The van der Waals surface area contributed by atoms with Crippen LogP contribution in [0.1, 0.15) is 28.3 Å². The third-order valence-corrected chi connectivity index (χ3v) is 4.28.